The van der Waals surface area contributed by atoms with Crippen LogP contribution in [-0.4, -0.2) is 25.0 Å². The van der Waals surface area contributed by atoms with Crippen molar-refractivity contribution < 1.29 is 10.3 Å². The Morgan fingerprint density at radius 2 is 2.05 bits per heavy atom. The van der Waals surface area contributed by atoms with Crippen LogP contribution in [0.4, 0.5) is 0 Å². The molecule has 0 aliphatic heterocycles. The van der Waals surface area contributed by atoms with Gasteiger partial charge in [-0.05, 0) is 36.4 Å². The Balaban J connectivity index is 1.94. The van der Waals surface area contributed by atoms with Gasteiger partial charge in [0.1, 0.15) is 16.3 Å². The van der Waals surface area contributed by atoms with Crippen molar-refractivity contribution >= 4 is 32.6 Å². The Kier molecular flexibility index (Phi) is 2.34. The molecule has 104 valence electrons. The molecule has 0 aliphatic rings. The first-order chi connectivity index (χ1) is 10.1. The molecule has 7 heteroatoms. The number of aromatic amines is 1. The van der Waals surface area contributed by atoms with E-state index in [0.29, 0.717) is 15.8 Å². The summed E-state index contributed by atoms with van der Waals surface area (Å²) in [6.45, 7) is 0. The van der Waals surface area contributed by atoms with Crippen LogP contribution in [0.1, 0.15) is 0 Å². The molecule has 0 spiro atoms. The fraction of sp³-hybridized carbons (Fsp3) is 0. The van der Waals surface area contributed by atoms with E-state index >= 15 is 0 Å². The number of thiazole rings is 1. The predicted molar refractivity (Wildman–Crippen MR) is 80.0 cm³/mol. The van der Waals surface area contributed by atoms with Crippen LogP contribution >= 0.6 is 11.3 Å². The maximum absolute atomic E-state index is 11.4. The molecular formula is C14H9N3O3S. The average molecular weight is 299 g/mol. The molecule has 6 nitrogen and oxygen atoms in total. The zero-order valence-corrected chi connectivity index (χ0v) is 11.4. The van der Waals surface area contributed by atoms with Crippen molar-refractivity contribution in [1.82, 2.24) is 14.7 Å². The molecule has 0 aliphatic carbocycles. The standard InChI is InChI=1S/C14H9N3O3S/c18-8-2-4-10-12(6-8)21-13(15-10)7-1-3-9-11(5-7)17(20)14(19)16-9/h1-6,18,20H,(H,16,19). The summed E-state index contributed by atoms with van der Waals surface area (Å²) < 4.78 is 1.46. The van der Waals surface area contributed by atoms with Crippen molar-refractivity contribution in [1.29, 1.82) is 0 Å². The fourth-order valence-electron chi connectivity index (χ4n) is 2.26. The van der Waals surface area contributed by atoms with Crippen molar-refractivity contribution in [2.24, 2.45) is 0 Å². The van der Waals surface area contributed by atoms with Gasteiger partial charge in [0, 0.05) is 5.56 Å². The number of rotatable bonds is 1. The Labute approximate surface area is 121 Å². The van der Waals surface area contributed by atoms with Crippen molar-refractivity contribution in [3.63, 3.8) is 0 Å². The van der Waals surface area contributed by atoms with E-state index in [1.54, 1.807) is 30.3 Å². The number of nitrogens with one attached hydrogen (secondary N) is 1. The van der Waals surface area contributed by atoms with Gasteiger partial charge < -0.3 is 15.3 Å². The number of imidazole rings is 1. The van der Waals surface area contributed by atoms with E-state index in [1.165, 1.54) is 11.3 Å². The van der Waals surface area contributed by atoms with Gasteiger partial charge in [-0.15, -0.1) is 16.1 Å². The molecule has 0 saturated heterocycles. The predicted octanol–water partition coefficient (Wildman–Crippen LogP) is 2.55. The third-order valence-electron chi connectivity index (χ3n) is 3.28. The molecule has 2 aromatic carbocycles. The van der Waals surface area contributed by atoms with Crippen LogP contribution in [0, 0.1) is 0 Å². The number of phenolic OH excluding ortho intramolecular Hbond substituents is 1. The summed E-state index contributed by atoms with van der Waals surface area (Å²) in [7, 11) is 0. The zero-order valence-electron chi connectivity index (χ0n) is 10.6. The molecule has 2 aromatic heterocycles. The average Bonchev–Trinajstić information content (AvgIpc) is 3.00. The molecule has 4 aromatic rings. The quantitative estimate of drug-likeness (QED) is 0.471. The van der Waals surface area contributed by atoms with Gasteiger partial charge in [-0.1, -0.05) is 0 Å². The normalized spacial score (nSPS) is 11.4. The van der Waals surface area contributed by atoms with Crippen molar-refractivity contribution in [3.05, 3.63) is 46.9 Å². The second-order valence-electron chi connectivity index (χ2n) is 4.64. The molecule has 0 saturated carbocycles. The van der Waals surface area contributed by atoms with E-state index in [2.05, 4.69) is 9.97 Å². The van der Waals surface area contributed by atoms with E-state index in [4.69, 9.17) is 0 Å². The number of benzene rings is 2. The number of nitrogens with zero attached hydrogens (tertiary/aromatic N) is 2. The smallest absolute Gasteiger partial charge is 0.359 e. The van der Waals surface area contributed by atoms with Crippen molar-refractivity contribution in [3.8, 4) is 16.3 Å². The molecule has 0 unspecified atom stereocenters. The first-order valence-corrected chi connectivity index (χ1v) is 6.97. The molecule has 21 heavy (non-hydrogen) atoms. The van der Waals surface area contributed by atoms with E-state index < -0.39 is 5.69 Å². The topological polar surface area (TPSA) is 91.1 Å². The third kappa shape index (κ3) is 1.78. The van der Waals surface area contributed by atoms with E-state index in [-0.39, 0.29) is 5.75 Å². The second kappa shape index (κ2) is 4.10. The second-order valence-corrected chi connectivity index (χ2v) is 5.68. The van der Waals surface area contributed by atoms with Crippen LogP contribution in [0.2, 0.25) is 0 Å². The Bertz CT molecular complexity index is 1040. The summed E-state index contributed by atoms with van der Waals surface area (Å²) in [6, 6.07) is 10.3. The summed E-state index contributed by atoms with van der Waals surface area (Å²) >= 11 is 1.44. The Morgan fingerprint density at radius 1 is 1.19 bits per heavy atom. The van der Waals surface area contributed by atoms with Crippen LogP contribution in [-0.2, 0) is 0 Å². The Hall–Kier alpha value is -2.80. The van der Waals surface area contributed by atoms with Gasteiger partial charge in [-0.2, -0.15) is 0 Å². The summed E-state index contributed by atoms with van der Waals surface area (Å²) in [5.41, 5.74) is 1.98. The summed E-state index contributed by atoms with van der Waals surface area (Å²) in [5.74, 6) is 0.197. The highest BCUT2D eigenvalue weighted by Gasteiger charge is 2.10. The SMILES string of the molecule is O=c1[nH]c2ccc(-c3nc4ccc(O)cc4s3)cc2n1O. The minimum absolute atomic E-state index is 0.197. The third-order valence-corrected chi connectivity index (χ3v) is 4.35. The summed E-state index contributed by atoms with van der Waals surface area (Å²) in [6.07, 6.45) is 0. The monoisotopic (exact) mass is 299 g/mol. The summed E-state index contributed by atoms with van der Waals surface area (Å²) in [5, 5.41) is 19.9. The molecule has 4 rings (SSSR count). The lowest BCUT2D eigenvalue weighted by molar-refractivity contribution is 0.188. The zero-order chi connectivity index (χ0) is 14.6. The van der Waals surface area contributed by atoms with Crippen LogP contribution < -0.4 is 5.69 Å². The van der Waals surface area contributed by atoms with Crippen LogP contribution in [0.5, 0.6) is 5.75 Å². The van der Waals surface area contributed by atoms with Gasteiger partial charge in [-0.3, -0.25) is 0 Å². The van der Waals surface area contributed by atoms with Gasteiger partial charge >= 0.3 is 5.69 Å². The number of phenols is 1. The van der Waals surface area contributed by atoms with Gasteiger partial charge in [0.15, 0.2) is 0 Å². The van der Waals surface area contributed by atoms with E-state index in [9.17, 15) is 15.1 Å². The minimum Gasteiger partial charge on any atom is -0.508 e. The van der Waals surface area contributed by atoms with Gasteiger partial charge in [0.2, 0.25) is 0 Å². The highest BCUT2D eigenvalue weighted by atomic mass is 32.1. The first kappa shape index (κ1) is 12.0. The maximum atomic E-state index is 11.4. The number of fused-ring (bicyclic) bond motifs is 2. The molecule has 0 amide bonds. The largest absolute Gasteiger partial charge is 0.508 e. The molecule has 2 heterocycles. The van der Waals surface area contributed by atoms with Gasteiger partial charge in [0.05, 0.1) is 15.7 Å². The molecule has 3 N–H and O–H groups in total. The van der Waals surface area contributed by atoms with Crippen LogP contribution in [0.25, 0.3) is 31.8 Å². The van der Waals surface area contributed by atoms with Crippen LogP contribution in [0.15, 0.2) is 41.2 Å². The lowest BCUT2D eigenvalue weighted by Crippen LogP contribution is -2.12. The maximum Gasteiger partial charge on any atom is 0.359 e. The number of aromatic hydroxyl groups is 1. The number of aromatic nitrogens is 3. The number of hydrogen-bond acceptors (Lipinski definition) is 5. The molecule has 0 radical (unpaired) electrons. The highest BCUT2D eigenvalue weighted by Crippen LogP contribution is 2.32. The highest BCUT2D eigenvalue weighted by molar-refractivity contribution is 7.21. The van der Waals surface area contributed by atoms with Crippen molar-refractivity contribution in [2.45, 2.75) is 0 Å². The molecular weight excluding hydrogens is 290 g/mol. The fourth-order valence-corrected chi connectivity index (χ4v) is 3.25. The number of hydrogen-bond donors (Lipinski definition) is 3. The molecule has 0 atom stereocenters. The van der Waals surface area contributed by atoms with Gasteiger partial charge in [0.25, 0.3) is 0 Å². The lowest BCUT2D eigenvalue weighted by atomic mass is 10.2. The van der Waals surface area contributed by atoms with Crippen LogP contribution in [0.3, 0.4) is 0 Å². The van der Waals surface area contributed by atoms with Crippen molar-refractivity contribution in [2.75, 3.05) is 0 Å². The minimum atomic E-state index is -0.573. The lowest BCUT2D eigenvalue weighted by Gasteiger charge is -1.97. The Morgan fingerprint density at radius 3 is 2.90 bits per heavy atom. The molecule has 0 fully saturated rings. The van der Waals surface area contributed by atoms with E-state index in [1.807, 2.05) is 6.07 Å². The summed E-state index contributed by atoms with van der Waals surface area (Å²) in [4.78, 5) is 18.4. The first-order valence-electron chi connectivity index (χ1n) is 6.16. The number of H-pyrrole nitrogens is 1. The molecule has 0 bridgehead atoms. The van der Waals surface area contributed by atoms with Gasteiger partial charge in [-0.25, -0.2) is 9.78 Å². The van der Waals surface area contributed by atoms with E-state index in [0.717, 1.165) is 20.8 Å².